The molecule has 0 atom stereocenters. The van der Waals surface area contributed by atoms with E-state index < -0.39 is 12.0 Å². The van der Waals surface area contributed by atoms with Crippen LogP contribution in [0.25, 0.3) is 0 Å². The summed E-state index contributed by atoms with van der Waals surface area (Å²) in [5, 5.41) is 0. The summed E-state index contributed by atoms with van der Waals surface area (Å²) in [7, 11) is 0. The van der Waals surface area contributed by atoms with Gasteiger partial charge in [0.05, 0.1) is 0 Å². The molecule has 1 amide bonds. The van der Waals surface area contributed by atoms with Crippen molar-refractivity contribution in [3.05, 3.63) is 35.9 Å². The smallest absolute Gasteiger partial charge is 0.410 e. The van der Waals surface area contributed by atoms with Crippen molar-refractivity contribution in [3.8, 4) is 0 Å². The molecule has 1 aliphatic rings. The standard InChI is InChI=1S/C13H15F2NO2/c14-13(15)6-8-16(9-7-13)12(17)18-10-11-4-2-1-3-5-11/h1-5H,6-10H2. The zero-order valence-corrected chi connectivity index (χ0v) is 9.94. The van der Waals surface area contributed by atoms with Gasteiger partial charge in [0, 0.05) is 25.9 Å². The van der Waals surface area contributed by atoms with Gasteiger partial charge in [0.1, 0.15) is 6.61 Å². The lowest BCUT2D eigenvalue weighted by Crippen LogP contribution is -2.42. The van der Waals surface area contributed by atoms with E-state index in [0.717, 1.165) is 5.56 Å². The van der Waals surface area contributed by atoms with Gasteiger partial charge in [0.15, 0.2) is 0 Å². The van der Waals surface area contributed by atoms with Crippen LogP contribution in [0.3, 0.4) is 0 Å². The highest BCUT2D eigenvalue weighted by molar-refractivity contribution is 5.67. The van der Waals surface area contributed by atoms with Gasteiger partial charge in [-0.1, -0.05) is 30.3 Å². The number of amides is 1. The van der Waals surface area contributed by atoms with Crippen LogP contribution in [0.1, 0.15) is 18.4 Å². The number of piperidine rings is 1. The van der Waals surface area contributed by atoms with Crippen molar-refractivity contribution in [2.24, 2.45) is 0 Å². The molecule has 0 N–H and O–H groups in total. The summed E-state index contributed by atoms with van der Waals surface area (Å²) in [6, 6.07) is 9.27. The van der Waals surface area contributed by atoms with Gasteiger partial charge < -0.3 is 9.64 Å². The molecule has 0 spiro atoms. The van der Waals surface area contributed by atoms with E-state index in [-0.39, 0.29) is 32.5 Å². The fourth-order valence-corrected chi connectivity index (χ4v) is 1.83. The predicted octanol–water partition coefficient (Wildman–Crippen LogP) is 3.05. The molecule has 0 bridgehead atoms. The Morgan fingerprint density at radius 1 is 1.22 bits per heavy atom. The second-order valence-corrected chi connectivity index (χ2v) is 4.38. The number of hydrogen-bond acceptors (Lipinski definition) is 2. The third kappa shape index (κ3) is 3.42. The van der Waals surface area contributed by atoms with Gasteiger partial charge >= 0.3 is 6.09 Å². The van der Waals surface area contributed by atoms with Crippen LogP contribution in [0.5, 0.6) is 0 Å². The summed E-state index contributed by atoms with van der Waals surface area (Å²) in [6.07, 6.45) is -1.09. The van der Waals surface area contributed by atoms with Crippen LogP contribution in [0.15, 0.2) is 30.3 Å². The van der Waals surface area contributed by atoms with Gasteiger partial charge in [0.25, 0.3) is 5.92 Å². The zero-order valence-electron chi connectivity index (χ0n) is 9.94. The molecular weight excluding hydrogens is 240 g/mol. The number of carbonyl (C=O) groups is 1. The minimum absolute atomic E-state index is 0.0562. The van der Waals surface area contributed by atoms with Gasteiger partial charge in [0.2, 0.25) is 0 Å². The molecule has 5 heteroatoms. The van der Waals surface area contributed by atoms with Crippen LogP contribution >= 0.6 is 0 Å². The van der Waals surface area contributed by atoms with E-state index in [1.807, 2.05) is 30.3 Å². The van der Waals surface area contributed by atoms with Crippen molar-refractivity contribution in [2.75, 3.05) is 13.1 Å². The lowest BCUT2D eigenvalue weighted by atomic mass is 10.1. The van der Waals surface area contributed by atoms with Crippen LogP contribution in [-0.2, 0) is 11.3 Å². The number of hydrogen-bond donors (Lipinski definition) is 0. The molecule has 0 unspecified atom stereocenters. The van der Waals surface area contributed by atoms with E-state index in [4.69, 9.17) is 4.74 Å². The van der Waals surface area contributed by atoms with Crippen LogP contribution < -0.4 is 0 Å². The quantitative estimate of drug-likeness (QED) is 0.812. The van der Waals surface area contributed by atoms with Crippen molar-refractivity contribution in [2.45, 2.75) is 25.4 Å². The van der Waals surface area contributed by atoms with Gasteiger partial charge in [-0.25, -0.2) is 13.6 Å². The topological polar surface area (TPSA) is 29.5 Å². The number of carbonyl (C=O) groups excluding carboxylic acids is 1. The molecule has 0 radical (unpaired) electrons. The normalized spacial score (nSPS) is 18.4. The van der Waals surface area contributed by atoms with Crippen LogP contribution in [0.2, 0.25) is 0 Å². The number of likely N-dealkylation sites (tertiary alicyclic amines) is 1. The Labute approximate surface area is 104 Å². The van der Waals surface area contributed by atoms with E-state index in [9.17, 15) is 13.6 Å². The van der Waals surface area contributed by atoms with Crippen LogP contribution in [0.4, 0.5) is 13.6 Å². The summed E-state index contributed by atoms with van der Waals surface area (Å²) in [5.74, 6) is -2.64. The molecule has 1 heterocycles. The van der Waals surface area contributed by atoms with Gasteiger partial charge in [-0.15, -0.1) is 0 Å². The fraction of sp³-hybridized carbons (Fsp3) is 0.462. The van der Waals surface area contributed by atoms with Crippen molar-refractivity contribution < 1.29 is 18.3 Å². The summed E-state index contributed by atoms with van der Waals surface area (Å²) < 4.78 is 30.9. The first kappa shape index (κ1) is 12.8. The van der Waals surface area contributed by atoms with Crippen molar-refractivity contribution in [1.29, 1.82) is 0 Å². The Hall–Kier alpha value is -1.65. The van der Waals surface area contributed by atoms with E-state index in [1.54, 1.807) is 0 Å². The fourth-order valence-electron chi connectivity index (χ4n) is 1.83. The summed E-state index contributed by atoms with van der Waals surface area (Å²) in [4.78, 5) is 13.0. The number of ether oxygens (including phenoxy) is 1. The maximum atomic E-state index is 12.9. The van der Waals surface area contributed by atoms with Crippen LogP contribution in [-0.4, -0.2) is 30.0 Å². The number of alkyl halides is 2. The summed E-state index contributed by atoms with van der Waals surface area (Å²) in [6.45, 7) is 0.286. The molecule has 1 aromatic carbocycles. The number of halogens is 2. The summed E-state index contributed by atoms with van der Waals surface area (Å²) >= 11 is 0. The number of nitrogens with zero attached hydrogens (tertiary/aromatic N) is 1. The lowest BCUT2D eigenvalue weighted by molar-refractivity contribution is -0.0530. The molecule has 1 saturated heterocycles. The molecule has 0 aromatic heterocycles. The highest BCUT2D eigenvalue weighted by atomic mass is 19.3. The Kier molecular flexibility index (Phi) is 3.79. The maximum Gasteiger partial charge on any atom is 0.410 e. The van der Waals surface area contributed by atoms with E-state index in [1.165, 1.54) is 4.90 Å². The first-order chi connectivity index (χ1) is 8.57. The highest BCUT2D eigenvalue weighted by Gasteiger charge is 2.36. The molecule has 3 nitrogen and oxygen atoms in total. The molecule has 1 fully saturated rings. The second-order valence-electron chi connectivity index (χ2n) is 4.38. The average Bonchev–Trinajstić information content (AvgIpc) is 2.37. The van der Waals surface area contributed by atoms with E-state index in [0.29, 0.717) is 0 Å². The molecule has 1 aromatic rings. The largest absolute Gasteiger partial charge is 0.445 e. The molecule has 1 aliphatic heterocycles. The van der Waals surface area contributed by atoms with E-state index in [2.05, 4.69) is 0 Å². The highest BCUT2D eigenvalue weighted by Crippen LogP contribution is 2.27. The predicted molar refractivity (Wildman–Crippen MR) is 62.4 cm³/mol. The number of rotatable bonds is 2. The second kappa shape index (κ2) is 5.33. The SMILES string of the molecule is O=C(OCc1ccccc1)N1CCC(F)(F)CC1. The van der Waals surface area contributed by atoms with Gasteiger partial charge in [-0.2, -0.15) is 0 Å². The minimum atomic E-state index is -2.64. The molecule has 98 valence electrons. The first-order valence-corrected chi connectivity index (χ1v) is 5.90. The lowest BCUT2D eigenvalue weighted by Gasteiger charge is -2.30. The van der Waals surface area contributed by atoms with Crippen LogP contribution in [0, 0.1) is 0 Å². The van der Waals surface area contributed by atoms with Crippen molar-refractivity contribution >= 4 is 6.09 Å². The molecule has 0 aliphatic carbocycles. The molecule has 18 heavy (non-hydrogen) atoms. The molecular formula is C13H15F2NO2. The van der Waals surface area contributed by atoms with E-state index >= 15 is 0 Å². The minimum Gasteiger partial charge on any atom is -0.445 e. The van der Waals surface area contributed by atoms with Gasteiger partial charge in [-0.3, -0.25) is 0 Å². The van der Waals surface area contributed by atoms with Gasteiger partial charge in [-0.05, 0) is 5.56 Å². The maximum absolute atomic E-state index is 12.9. The zero-order chi connectivity index (χ0) is 13.0. The Balaban J connectivity index is 1.79. The monoisotopic (exact) mass is 255 g/mol. The Bertz CT molecular complexity index is 399. The molecule has 2 rings (SSSR count). The summed E-state index contributed by atoms with van der Waals surface area (Å²) in [5.41, 5.74) is 0.883. The molecule has 0 saturated carbocycles. The number of benzene rings is 1. The van der Waals surface area contributed by atoms with Crippen molar-refractivity contribution in [1.82, 2.24) is 4.90 Å². The third-order valence-electron chi connectivity index (χ3n) is 2.96. The first-order valence-electron chi connectivity index (χ1n) is 5.90. The third-order valence-corrected chi connectivity index (χ3v) is 2.96. The average molecular weight is 255 g/mol. The Morgan fingerprint density at radius 2 is 1.83 bits per heavy atom. The van der Waals surface area contributed by atoms with Crippen molar-refractivity contribution in [3.63, 3.8) is 0 Å². The Morgan fingerprint density at radius 3 is 2.44 bits per heavy atom.